The highest BCUT2D eigenvalue weighted by molar-refractivity contribution is 4.95. The second-order valence-corrected chi connectivity index (χ2v) is 4.18. The Morgan fingerprint density at radius 2 is 2.10 bits per heavy atom. The van der Waals surface area contributed by atoms with E-state index in [1.165, 1.54) is 0 Å². The molecule has 0 amide bonds. The lowest BCUT2D eigenvalue weighted by Crippen LogP contribution is -2.38. The Morgan fingerprint density at radius 1 is 1.50 bits per heavy atom. The van der Waals surface area contributed by atoms with Crippen molar-refractivity contribution < 1.29 is 5.11 Å². The SMILES string of the molecule is CC(C)(C)N[C@H]1C[C@H]1CO. The van der Waals surface area contributed by atoms with Gasteiger partial charge in [-0.2, -0.15) is 0 Å². The van der Waals surface area contributed by atoms with Crippen molar-refractivity contribution in [2.45, 2.75) is 38.8 Å². The number of hydrogen-bond acceptors (Lipinski definition) is 2. The molecule has 0 radical (unpaired) electrons. The minimum Gasteiger partial charge on any atom is -0.396 e. The smallest absolute Gasteiger partial charge is 0.0474 e. The van der Waals surface area contributed by atoms with Gasteiger partial charge in [0, 0.05) is 18.2 Å². The topological polar surface area (TPSA) is 32.3 Å². The van der Waals surface area contributed by atoms with E-state index in [2.05, 4.69) is 26.1 Å². The summed E-state index contributed by atoms with van der Waals surface area (Å²) in [4.78, 5) is 0. The minimum absolute atomic E-state index is 0.203. The predicted molar refractivity (Wildman–Crippen MR) is 41.9 cm³/mol. The molecule has 2 heteroatoms. The van der Waals surface area contributed by atoms with Gasteiger partial charge in [-0.3, -0.25) is 0 Å². The van der Waals surface area contributed by atoms with Gasteiger partial charge in [0.15, 0.2) is 0 Å². The number of hydrogen-bond donors (Lipinski definition) is 2. The van der Waals surface area contributed by atoms with Crippen LogP contribution in [-0.2, 0) is 0 Å². The molecule has 0 bridgehead atoms. The molecule has 0 unspecified atom stereocenters. The molecule has 1 aliphatic rings. The van der Waals surface area contributed by atoms with Crippen LogP contribution in [0.1, 0.15) is 27.2 Å². The summed E-state index contributed by atoms with van der Waals surface area (Å²) in [6.45, 7) is 6.80. The van der Waals surface area contributed by atoms with Crippen molar-refractivity contribution in [3.8, 4) is 0 Å². The third-order valence-corrected chi connectivity index (χ3v) is 1.78. The molecule has 2 N–H and O–H groups in total. The van der Waals surface area contributed by atoms with Crippen LogP contribution in [0.4, 0.5) is 0 Å². The predicted octanol–water partition coefficient (Wildman–Crippen LogP) is 0.755. The molecule has 1 aliphatic carbocycles. The van der Waals surface area contributed by atoms with E-state index >= 15 is 0 Å². The van der Waals surface area contributed by atoms with Gasteiger partial charge >= 0.3 is 0 Å². The second-order valence-electron chi connectivity index (χ2n) is 4.18. The van der Waals surface area contributed by atoms with E-state index in [-0.39, 0.29) is 5.54 Å². The minimum atomic E-state index is 0.203. The Labute approximate surface area is 62.6 Å². The van der Waals surface area contributed by atoms with Gasteiger partial charge in [-0.1, -0.05) is 0 Å². The van der Waals surface area contributed by atoms with Crippen LogP contribution in [0.25, 0.3) is 0 Å². The van der Waals surface area contributed by atoms with Crippen LogP contribution in [0.3, 0.4) is 0 Å². The first kappa shape index (κ1) is 8.02. The number of rotatable bonds is 2. The van der Waals surface area contributed by atoms with Gasteiger partial charge in [0.1, 0.15) is 0 Å². The van der Waals surface area contributed by atoms with Gasteiger partial charge in [0.25, 0.3) is 0 Å². The normalized spacial score (nSPS) is 32.4. The highest BCUT2D eigenvalue weighted by atomic mass is 16.3. The molecule has 1 fully saturated rings. The van der Waals surface area contributed by atoms with Gasteiger partial charge in [-0.15, -0.1) is 0 Å². The molecule has 0 saturated heterocycles. The van der Waals surface area contributed by atoms with Crippen molar-refractivity contribution in [3.05, 3.63) is 0 Å². The Hall–Kier alpha value is -0.0800. The van der Waals surface area contributed by atoms with Crippen LogP contribution in [0.15, 0.2) is 0 Å². The summed E-state index contributed by atoms with van der Waals surface area (Å²) >= 11 is 0. The van der Waals surface area contributed by atoms with E-state index in [4.69, 9.17) is 5.11 Å². The summed E-state index contributed by atoms with van der Waals surface area (Å²) in [7, 11) is 0. The van der Waals surface area contributed by atoms with Gasteiger partial charge in [-0.05, 0) is 33.1 Å². The fourth-order valence-corrected chi connectivity index (χ4v) is 1.18. The Kier molecular flexibility index (Phi) is 2.02. The van der Waals surface area contributed by atoms with Crippen molar-refractivity contribution in [2.24, 2.45) is 5.92 Å². The summed E-state index contributed by atoms with van der Waals surface area (Å²) in [5.74, 6) is 0.527. The third kappa shape index (κ3) is 2.27. The molecule has 0 aromatic heterocycles. The van der Waals surface area contributed by atoms with E-state index in [0.717, 1.165) is 6.42 Å². The van der Waals surface area contributed by atoms with Crippen molar-refractivity contribution in [3.63, 3.8) is 0 Å². The summed E-state index contributed by atoms with van der Waals surface area (Å²) < 4.78 is 0. The van der Waals surface area contributed by atoms with Crippen LogP contribution in [0.5, 0.6) is 0 Å². The summed E-state index contributed by atoms with van der Waals surface area (Å²) in [6.07, 6.45) is 1.15. The molecule has 1 rings (SSSR count). The van der Waals surface area contributed by atoms with Crippen molar-refractivity contribution >= 4 is 0 Å². The molecule has 60 valence electrons. The highest BCUT2D eigenvalue weighted by Crippen LogP contribution is 2.30. The molecule has 10 heavy (non-hydrogen) atoms. The molecule has 0 aliphatic heterocycles. The maximum atomic E-state index is 8.73. The number of nitrogens with one attached hydrogen (secondary N) is 1. The average Bonchev–Trinajstić information content (AvgIpc) is 2.42. The van der Waals surface area contributed by atoms with E-state index in [9.17, 15) is 0 Å². The zero-order valence-corrected chi connectivity index (χ0v) is 7.02. The van der Waals surface area contributed by atoms with E-state index in [1.54, 1.807) is 0 Å². The average molecular weight is 143 g/mol. The van der Waals surface area contributed by atoms with E-state index < -0.39 is 0 Å². The van der Waals surface area contributed by atoms with Crippen molar-refractivity contribution in [2.75, 3.05) is 6.61 Å². The van der Waals surface area contributed by atoms with E-state index in [1.807, 2.05) is 0 Å². The first-order valence-electron chi connectivity index (χ1n) is 3.91. The first-order chi connectivity index (χ1) is 4.53. The molecule has 0 spiro atoms. The second kappa shape index (κ2) is 2.51. The lowest BCUT2D eigenvalue weighted by Gasteiger charge is -2.20. The maximum absolute atomic E-state index is 8.73. The fourth-order valence-electron chi connectivity index (χ4n) is 1.18. The summed E-state index contributed by atoms with van der Waals surface area (Å²) in [5, 5.41) is 12.2. The van der Waals surface area contributed by atoms with Gasteiger partial charge in [-0.25, -0.2) is 0 Å². The molecular weight excluding hydrogens is 126 g/mol. The van der Waals surface area contributed by atoms with Crippen molar-refractivity contribution in [1.29, 1.82) is 0 Å². The van der Waals surface area contributed by atoms with Crippen LogP contribution in [0, 0.1) is 5.92 Å². The largest absolute Gasteiger partial charge is 0.396 e. The van der Waals surface area contributed by atoms with Gasteiger partial charge in [0.2, 0.25) is 0 Å². The zero-order valence-electron chi connectivity index (χ0n) is 7.02. The molecule has 1 saturated carbocycles. The summed E-state index contributed by atoms with van der Waals surface area (Å²) in [5.41, 5.74) is 0.203. The molecule has 0 aromatic carbocycles. The Morgan fingerprint density at radius 3 is 2.40 bits per heavy atom. The van der Waals surface area contributed by atoms with Crippen LogP contribution in [-0.4, -0.2) is 23.3 Å². The lowest BCUT2D eigenvalue weighted by atomic mass is 10.1. The molecular formula is C8H17NO. The van der Waals surface area contributed by atoms with Gasteiger partial charge in [0.05, 0.1) is 0 Å². The van der Waals surface area contributed by atoms with Gasteiger partial charge < -0.3 is 10.4 Å². The number of aliphatic hydroxyl groups excluding tert-OH is 1. The molecule has 2 atom stereocenters. The fraction of sp³-hybridized carbons (Fsp3) is 1.00. The van der Waals surface area contributed by atoms with Crippen LogP contribution >= 0.6 is 0 Å². The van der Waals surface area contributed by atoms with E-state index in [0.29, 0.717) is 18.6 Å². The highest BCUT2D eigenvalue weighted by Gasteiger charge is 2.38. The summed E-state index contributed by atoms with van der Waals surface area (Å²) in [6, 6.07) is 0.574. The number of aliphatic hydroxyl groups is 1. The lowest BCUT2D eigenvalue weighted by molar-refractivity contribution is 0.265. The molecule has 0 heterocycles. The Balaban J connectivity index is 2.18. The quantitative estimate of drug-likeness (QED) is 0.598. The van der Waals surface area contributed by atoms with Crippen LogP contribution in [0.2, 0.25) is 0 Å². The Bertz CT molecular complexity index is 117. The molecule has 2 nitrogen and oxygen atoms in total. The third-order valence-electron chi connectivity index (χ3n) is 1.78. The first-order valence-corrected chi connectivity index (χ1v) is 3.91. The standard InChI is InChI=1S/C8H17NO/c1-8(2,3)9-7-4-6(7)5-10/h6-7,9-10H,4-5H2,1-3H3/t6-,7-/m0/s1. The monoisotopic (exact) mass is 143 g/mol. The zero-order chi connectivity index (χ0) is 7.78. The van der Waals surface area contributed by atoms with Crippen LogP contribution < -0.4 is 5.32 Å². The molecule has 0 aromatic rings. The maximum Gasteiger partial charge on any atom is 0.0474 e. The van der Waals surface area contributed by atoms with Crippen molar-refractivity contribution in [1.82, 2.24) is 5.32 Å².